The van der Waals surface area contributed by atoms with Crippen LogP contribution in [0.1, 0.15) is 40.5 Å². The summed E-state index contributed by atoms with van der Waals surface area (Å²) in [6.07, 6.45) is 2.32. The van der Waals surface area contributed by atoms with Crippen LogP contribution >= 0.6 is 0 Å². The zero-order valence-corrected chi connectivity index (χ0v) is 13.4. The van der Waals surface area contributed by atoms with Crippen molar-refractivity contribution in [3.05, 3.63) is 0 Å². The van der Waals surface area contributed by atoms with Crippen LogP contribution in [-0.4, -0.2) is 59.1 Å². The molecule has 0 spiro atoms. The zero-order valence-electron chi connectivity index (χ0n) is 13.4. The summed E-state index contributed by atoms with van der Waals surface area (Å²) >= 11 is 0. The topological polar surface area (TPSA) is 43.8 Å². The minimum absolute atomic E-state index is 0.213. The van der Waals surface area contributed by atoms with Gasteiger partial charge < -0.3 is 10.0 Å². The Bertz CT molecular complexity index is 334. The highest BCUT2D eigenvalue weighted by molar-refractivity contribution is 5.78. The van der Waals surface area contributed by atoms with E-state index in [-0.39, 0.29) is 5.91 Å². The van der Waals surface area contributed by atoms with E-state index in [1.54, 1.807) is 0 Å². The lowest BCUT2D eigenvalue weighted by Gasteiger charge is -2.47. The quantitative estimate of drug-likeness (QED) is 0.771. The molecule has 1 saturated carbocycles. The van der Waals surface area contributed by atoms with Gasteiger partial charge in [0.1, 0.15) is 0 Å². The first-order chi connectivity index (χ1) is 9.30. The van der Waals surface area contributed by atoms with Gasteiger partial charge in [0.25, 0.3) is 0 Å². The Labute approximate surface area is 123 Å². The molecule has 2 fully saturated rings. The Morgan fingerprint density at radius 1 is 1.20 bits per heavy atom. The number of carbonyl (C=O) groups excluding carboxylic acids is 1. The minimum Gasteiger partial charge on any atom is -0.387 e. The number of β-amino-alcohol motifs (C(OH)–C–C–N with tert-alkyl or cyclic N) is 1. The molecule has 2 aliphatic rings. The number of hydrogen-bond donors (Lipinski definition) is 1. The van der Waals surface area contributed by atoms with Gasteiger partial charge in [0.2, 0.25) is 5.91 Å². The SMILES string of the molecule is CC(C)CN(CC(C)C)C(=O)CN1CC(O)(C2CC2)C1. The van der Waals surface area contributed by atoms with Gasteiger partial charge in [0.15, 0.2) is 0 Å². The van der Waals surface area contributed by atoms with E-state index in [1.807, 2.05) is 4.90 Å². The van der Waals surface area contributed by atoms with E-state index < -0.39 is 5.60 Å². The second kappa shape index (κ2) is 6.02. The van der Waals surface area contributed by atoms with E-state index in [2.05, 4.69) is 32.6 Å². The van der Waals surface area contributed by atoms with Gasteiger partial charge in [-0.05, 0) is 30.6 Å². The second-order valence-corrected chi connectivity index (χ2v) is 7.61. The molecule has 1 aliphatic heterocycles. The van der Waals surface area contributed by atoms with E-state index in [4.69, 9.17) is 0 Å². The van der Waals surface area contributed by atoms with Gasteiger partial charge in [-0.2, -0.15) is 0 Å². The highest BCUT2D eigenvalue weighted by Gasteiger charge is 2.52. The maximum absolute atomic E-state index is 12.4. The van der Waals surface area contributed by atoms with Crippen molar-refractivity contribution < 1.29 is 9.90 Å². The fraction of sp³-hybridized carbons (Fsp3) is 0.938. The number of amides is 1. The first-order valence-electron chi connectivity index (χ1n) is 8.02. The smallest absolute Gasteiger partial charge is 0.236 e. The summed E-state index contributed by atoms with van der Waals surface area (Å²) in [4.78, 5) is 16.5. The lowest BCUT2D eigenvalue weighted by molar-refractivity contribution is -0.145. The molecule has 1 N–H and O–H groups in total. The third-order valence-corrected chi connectivity index (χ3v) is 4.21. The van der Waals surface area contributed by atoms with Crippen LogP contribution in [0.4, 0.5) is 0 Å². The van der Waals surface area contributed by atoms with Gasteiger partial charge in [-0.1, -0.05) is 27.7 Å². The average molecular weight is 282 g/mol. The summed E-state index contributed by atoms with van der Waals surface area (Å²) < 4.78 is 0. The van der Waals surface area contributed by atoms with Crippen LogP contribution in [0.3, 0.4) is 0 Å². The first-order valence-corrected chi connectivity index (χ1v) is 8.02. The van der Waals surface area contributed by atoms with Crippen LogP contribution in [0.2, 0.25) is 0 Å². The predicted octanol–water partition coefficient (Wildman–Crippen LogP) is 1.58. The summed E-state index contributed by atoms with van der Waals surface area (Å²) in [6, 6.07) is 0. The highest BCUT2D eigenvalue weighted by Crippen LogP contribution is 2.44. The predicted molar refractivity (Wildman–Crippen MR) is 80.4 cm³/mol. The molecule has 0 unspecified atom stereocenters. The normalized spacial score (nSPS) is 22.1. The monoisotopic (exact) mass is 282 g/mol. The average Bonchev–Trinajstić information content (AvgIpc) is 3.08. The molecule has 0 atom stereocenters. The molecule has 1 saturated heterocycles. The third kappa shape index (κ3) is 3.95. The fourth-order valence-electron chi connectivity index (χ4n) is 3.17. The van der Waals surface area contributed by atoms with Crippen molar-refractivity contribution in [2.24, 2.45) is 17.8 Å². The summed E-state index contributed by atoms with van der Waals surface area (Å²) in [5.41, 5.74) is -0.485. The van der Waals surface area contributed by atoms with Crippen LogP contribution in [0.5, 0.6) is 0 Å². The van der Waals surface area contributed by atoms with E-state index in [0.29, 0.717) is 37.4 Å². The molecule has 116 valence electrons. The number of nitrogens with zero attached hydrogens (tertiary/aromatic N) is 2. The first kappa shape index (κ1) is 15.8. The van der Waals surface area contributed by atoms with E-state index in [0.717, 1.165) is 25.9 Å². The third-order valence-electron chi connectivity index (χ3n) is 4.21. The van der Waals surface area contributed by atoms with Crippen LogP contribution < -0.4 is 0 Å². The van der Waals surface area contributed by atoms with Crippen LogP contribution in [-0.2, 0) is 4.79 Å². The van der Waals surface area contributed by atoms with Gasteiger partial charge in [-0.15, -0.1) is 0 Å². The van der Waals surface area contributed by atoms with Crippen molar-refractivity contribution in [3.8, 4) is 0 Å². The Kier molecular flexibility index (Phi) is 4.75. The maximum Gasteiger partial charge on any atom is 0.236 e. The summed E-state index contributed by atoms with van der Waals surface area (Å²) in [6.45, 7) is 12.1. The van der Waals surface area contributed by atoms with Crippen molar-refractivity contribution in [1.29, 1.82) is 0 Å². The molecule has 20 heavy (non-hydrogen) atoms. The fourth-order valence-corrected chi connectivity index (χ4v) is 3.17. The van der Waals surface area contributed by atoms with Crippen LogP contribution in [0.25, 0.3) is 0 Å². The lowest BCUT2D eigenvalue weighted by atomic mass is 9.89. The maximum atomic E-state index is 12.4. The molecular formula is C16H30N2O2. The van der Waals surface area contributed by atoms with Crippen molar-refractivity contribution in [2.45, 2.75) is 46.1 Å². The molecule has 0 bridgehead atoms. The molecule has 0 radical (unpaired) electrons. The minimum atomic E-state index is -0.485. The van der Waals surface area contributed by atoms with Crippen LogP contribution in [0.15, 0.2) is 0 Å². The Morgan fingerprint density at radius 3 is 2.10 bits per heavy atom. The van der Waals surface area contributed by atoms with Crippen LogP contribution in [0, 0.1) is 17.8 Å². The Hall–Kier alpha value is -0.610. The molecule has 0 aromatic carbocycles. The van der Waals surface area contributed by atoms with Gasteiger partial charge in [-0.3, -0.25) is 9.69 Å². The molecule has 1 heterocycles. The number of carbonyl (C=O) groups is 1. The molecule has 4 nitrogen and oxygen atoms in total. The molecule has 2 rings (SSSR count). The summed E-state index contributed by atoms with van der Waals surface area (Å²) in [5, 5.41) is 10.3. The zero-order chi connectivity index (χ0) is 14.9. The molecule has 1 amide bonds. The van der Waals surface area contributed by atoms with Crippen molar-refractivity contribution in [2.75, 3.05) is 32.7 Å². The summed E-state index contributed by atoms with van der Waals surface area (Å²) in [7, 11) is 0. The van der Waals surface area contributed by atoms with E-state index in [1.165, 1.54) is 0 Å². The number of likely N-dealkylation sites (tertiary alicyclic amines) is 1. The standard InChI is InChI=1S/C16H30N2O2/c1-12(2)7-18(8-13(3)4)15(19)9-17-10-16(20,11-17)14-5-6-14/h12-14,20H,5-11H2,1-4H3. The van der Waals surface area contributed by atoms with Gasteiger partial charge in [-0.25, -0.2) is 0 Å². The largest absolute Gasteiger partial charge is 0.387 e. The molecule has 0 aromatic rings. The van der Waals surface area contributed by atoms with Gasteiger partial charge in [0, 0.05) is 26.2 Å². The van der Waals surface area contributed by atoms with Crippen molar-refractivity contribution >= 4 is 5.91 Å². The number of rotatable bonds is 7. The van der Waals surface area contributed by atoms with Gasteiger partial charge in [0.05, 0.1) is 12.1 Å². The molecule has 1 aliphatic carbocycles. The Morgan fingerprint density at radius 2 is 1.70 bits per heavy atom. The van der Waals surface area contributed by atoms with E-state index in [9.17, 15) is 9.90 Å². The molecular weight excluding hydrogens is 252 g/mol. The molecule has 4 heteroatoms. The second-order valence-electron chi connectivity index (χ2n) is 7.61. The lowest BCUT2D eigenvalue weighted by Crippen LogP contribution is -2.64. The van der Waals surface area contributed by atoms with Crippen molar-refractivity contribution in [1.82, 2.24) is 9.80 Å². The number of hydrogen-bond acceptors (Lipinski definition) is 3. The molecule has 0 aromatic heterocycles. The number of aliphatic hydroxyl groups is 1. The summed E-state index contributed by atoms with van der Waals surface area (Å²) in [5.74, 6) is 1.71. The van der Waals surface area contributed by atoms with Gasteiger partial charge >= 0.3 is 0 Å². The van der Waals surface area contributed by atoms with Crippen molar-refractivity contribution in [3.63, 3.8) is 0 Å². The highest BCUT2D eigenvalue weighted by atomic mass is 16.3. The Balaban J connectivity index is 1.79. The van der Waals surface area contributed by atoms with E-state index >= 15 is 0 Å².